The van der Waals surface area contributed by atoms with Crippen molar-refractivity contribution in [1.82, 2.24) is 4.90 Å². The highest BCUT2D eigenvalue weighted by Crippen LogP contribution is 2.24. The van der Waals surface area contributed by atoms with Gasteiger partial charge in [0.1, 0.15) is 5.82 Å². The molecule has 2 aromatic rings. The summed E-state index contributed by atoms with van der Waals surface area (Å²) in [6.45, 7) is 1.88. The van der Waals surface area contributed by atoms with Gasteiger partial charge in [-0.25, -0.2) is 4.39 Å². The summed E-state index contributed by atoms with van der Waals surface area (Å²) in [7, 11) is 1.65. The van der Waals surface area contributed by atoms with E-state index in [1.165, 1.54) is 17.0 Å². The Balaban J connectivity index is 2.28. The lowest BCUT2D eigenvalue weighted by atomic mass is 10.1. The predicted octanol–water partition coefficient (Wildman–Crippen LogP) is 4.00. The van der Waals surface area contributed by atoms with E-state index in [4.69, 9.17) is 5.73 Å². The number of amides is 1. The van der Waals surface area contributed by atoms with E-state index in [2.05, 4.69) is 15.9 Å². The minimum atomic E-state index is -0.533. The molecule has 0 aliphatic heterocycles. The van der Waals surface area contributed by atoms with Crippen molar-refractivity contribution >= 4 is 27.5 Å². The Hall–Kier alpha value is -1.88. The topological polar surface area (TPSA) is 46.3 Å². The average Bonchev–Trinajstić information content (AvgIpc) is 2.47. The Morgan fingerprint density at radius 3 is 2.67 bits per heavy atom. The smallest absolute Gasteiger partial charge is 0.257 e. The van der Waals surface area contributed by atoms with Crippen LogP contribution in [0.2, 0.25) is 0 Å². The molecule has 0 aliphatic rings. The number of halogens is 2. The fourth-order valence-corrected chi connectivity index (χ4v) is 2.43. The van der Waals surface area contributed by atoms with Crippen molar-refractivity contribution in [3.63, 3.8) is 0 Å². The molecule has 0 aliphatic carbocycles. The fourth-order valence-electron chi connectivity index (χ4n) is 2.07. The van der Waals surface area contributed by atoms with Gasteiger partial charge in [-0.3, -0.25) is 4.79 Å². The van der Waals surface area contributed by atoms with E-state index in [1.807, 2.05) is 25.1 Å². The van der Waals surface area contributed by atoms with Crippen LogP contribution in [0.25, 0.3) is 0 Å². The summed E-state index contributed by atoms with van der Waals surface area (Å²) >= 11 is 3.25. The van der Waals surface area contributed by atoms with Crippen molar-refractivity contribution in [2.75, 3.05) is 12.8 Å². The SMILES string of the molecule is CC(c1cccc(N)c1)N(C)C(=O)c1cc(Br)ccc1F. The average molecular weight is 351 g/mol. The van der Waals surface area contributed by atoms with Gasteiger partial charge >= 0.3 is 0 Å². The zero-order valence-electron chi connectivity index (χ0n) is 11.8. The molecule has 0 bridgehead atoms. The van der Waals surface area contributed by atoms with Crippen molar-refractivity contribution in [3.05, 3.63) is 63.9 Å². The standard InChI is InChI=1S/C16H16BrFN2O/c1-10(11-4-3-5-13(19)8-11)20(2)16(21)14-9-12(17)6-7-15(14)18/h3-10H,19H2,1-2H3. The summed E-state index contributed by atoms with van der Waals surface area (Å²) in [6, 6.07) is 11.4. The van der Waals surface area contributed by atoms with E-state index in [9.17, 15) is 9.18 Å². The Morgan fingerprint density at radius 2 is 2.00 bits per heavy atom. The lowest BCUT2D eigenvalue weighted by Crippen LogP contribution is -2.30. The number of hydrogen-bond acceptors (Lipinski definition) is 2. The van der Waals surface area contributed by atoms with E-state index < -0.39 is 5.82 Å². The molecule has 2 rings (SSSR count). The van der Waals surface area contributed by atoms with Gasteiger partial charge in [0, 0.05) is 17.2 Å². The van der Waals surface area contributed by atoms with E-state index >= 15 is 0 Å². The fraction of sp³-hybridized carbons (Fsp3) is 0.188. The predicted molar refractivity (Wildman–Crippen MR) is 85.5 cm³/mol. The molecule has 1 amide bonds. The zero-order valence-corrected chi connectivity index (χ0v) is 13.4. The lowest BCUT2D eigenvalue weighted by Gasteiger charge is -2.26. The van der Waals surface area contributed by atoms with Gasteiger partial charge in [-0.2, -0.15) is 0 Å². The van der Waals surface area contributed by atoms with E-state index in [0.717, 1.165) is 5.56 Å². The maximum absolute atomic E-state index is 13.8. The van der Waals surface area contributed by atoms with Gasteiger partial charge in [0.2, 0.25) is 0 Å². The number of rotatable bonds is 3. The maximum Gasteiger partial charge on any atom is 0.257 e. The first-order valence-corrected chi connectivity index (χ1v) is 7.27. The lowest BCUT2D eigenvalue weighted by molar-refractivity contribution is 0.0738. The number of anilines is 1. The number of nitrogen functional groups attached to an aromatic ring is 1. The Kier molecular flexibility index (Phi) is 4.63. The third-order valence-corrected chi connectivity index (χ3v) is 3.95. The third-order valence-electron chi connectivity index (χ3n) is 3.45. The Labute approximate surface area is 131 Å². The molecule has 0 saturated heterocycles. The maximum atomic E-state index is 13.8. The van der Waals surface area contributed by atoms with Crippen LogP contribution in [0.1, 0.15) is 28.9 Å². The number of carbonyl (C=O) groups is 1. The normalized spacial score (nSPS) is 12.0. The largest absolute Gasteiger partial charge is 0.399 e. The van der Waals surface area contributed by atoms with Gasteiger partial charge in [-0.05, 0) is 42.8 Å². The van der Waals surface area contributed by atoms with Gasteiger partial charge in [-0.15, -0.1) is 0 Å². The van der Waals surface area contributed by atoms with Gasteiger partial charge in [-0.1, -0.05) is 28.1 Å². The van der Waals surface area contributed by atoms with Crippen molar-refractivity contribution in [1.29, 1.82) is 0 Å². The number of benzene rings is 2. The highest BCUT2D eigenvalue weighted by Gasteiger charge is 2.21. The van der Waals surface area contributed by atoms with Gasteiger partial charge in [0.15, 0.2) is 0 Å². The van der Waals surface area contributed by atoms with Crippen LogP contribution in [0.3, 0.4) is 0 Å². The summed E-state index contributed by atoms with van der Waals surface area (Å²) < 4.78 is 14.5. The molecule has 5 heteroatoms. The van der Waals surface area contributed by atoms with Crippen molar-refractivity contribution in [2.45, 2.75) is 13.0 Å². The van der Waals surface area contributed by atoms with Crippen LogP contribution < -0.4 is 5.73 Å². The molecule has 1 unspecified atom stereocenters. The number of hydrogen-bond donors (Lipinski definition) is 1. The summed E-state index contributed by atoms with van der Waals surface area (Å²) in [4.78, 5) is 14.0. The Bertz CT molecular complexity index is 675. The van der Waals surface area contributed by atoms with Crippen molar-refractivity contribution in [3.8, 4) is 0 Å². The molecule has 110 valence electrons. The van der Waals surface area contributed by atoms with Crippen LogP contribution in [0, 0.1) is 5.82 Å². The first-order valence-electron chi connectivity index (χ1n) is 6.48. The summed E-state index contributed by atoms with van der Waals surface area (Å²) in [5.74, 6) is -0.904. The number of carbonyl (C=O) groups excluding carboxylic acids is 1. The van der Waals surface area contributed by atoms with Crippen LogP contribution in [0.4, 0.5) is 10.1 Å². The molecule has 0 heterocycles. The minimum absolute atomic E-state index is 0.0441. The summed E-state index contributed by atoms with van der Waals surface area (Å²) in [5.41, 5.74) is 7.34. The molecule has 0 radical (unpaired) electrons. The second kappa shape index (κ2) is 6.26. The molecule has 0 fully saturated rings. The van der Waals surface area contributed by atoms with Crippen LogP contribution in [0.5, 0.6) is 0 Å². The molecular weight excluding hydrogens is 335 g/mol. The molecule has 2 aromatic carbocycles. The second-order valence-corrected chi connectivity index (χ2v) is 5.80. The van der Waals surface area contributed by atoms with Crippen LogP contribution in [-0.4, -0.2) is 17.9 Å². The number of nitrogens with zero attached hydrogens (tertiary/aromatic N) is 1. The minimum Gasteiger partial charge on any atom is -0.399 e. The molecule has 0 spiro atoms. The van der Waals surface area contributed by atoms with Gasteiger partial charge < -0.3 is 10.6 Å². The first-order chi connectivity index (χ1) is 9.90. The second-order valence-electron chi connectivity index (χ2n) is 4.89. The quantitative estimate of drug-likeness (QED) is 0.850. The monoisotopic (exact) mass is 350 g/mol. The third kappa shape index (κ3) is 3.42. The highest BCUT2D eigenvalue weighted by atomic mass is 79.9. The van der Waals surface area contributed by atoms with Gasteiger partial charge in [0.25, 0.3) is 5.91 Å². The number of nitrogens with two attached hydrogens (primary N) is 1. The van der Waals surface area contributed by atoms with Gasteiger partial charge in [0.05, 0.1) is 11.6 Å². The molecule has 21 heavy (non-hydrogen) atoms. The highest BCUT2D eigenvalue weighted by molar-refractivity contribution is 9.10. The molecule has 0 aromatic heterocycles. The molecule has 0 saturated carbocycles. The van der Waals surface area contributed by atoms with E-state index in [1.54, 1.807) is 19.2 Å². The molecule has 3 nitrogen and oxygen atoms in total. The summed E-state index contributed by atoms with van der Waals surface area (Å²) in [5, 5.41) is 0. The van der Waals surface area contributed by atoms with E-state index in [0.29, 0.717) is 10.2 Å². The van der Waals surface area contributed by atoms with Crippen molar-refractivity contribution < 1.29 is 9.18 Å². The molecule has 2 N–H and O–H groups in total. The van der Waals surface area contributed by atoms with Crippen molar-refractivity contribution in [2.24, 2.45) is 0 Å². The first kappa shape index (κ1) is 15.5. The van der Waals surface area contributed by atoms with Crippen LogP contribution >= 0.6 is 15.9 Å². The molecule has 1 atom stereocenters. The zero-order chi connectivity index (χ0) is 15.6. The molecular formula is C16H16BrFN2O. The Morgan fingerprint density at radius 1 is 1.29 bits per heavy atom. The summed E-state index contributed by atoms with van der Waals surface area (Å²) in [6.07, 6.45) is 0. The van der Waals surface area contributed by atoms with Crippen LogP contribution in [-0.2, 0) is 0 Å². The van der Waals surface area contributed by atoms with E-state index in [-0.39, 0.29) is 17.5 Å². The van der Waals surface area contributed by atoms with Crippen LogP contribution in [0.15, 0.2) is 46.9 Å².